The van der Waals surface area contributed by atoms with Crippen molar-refractivity contribution in [2.24, 2.45) is 17.8 Å². The maximum atomic E-state index is 15.3. The SMILES string of the molecule is C=C[C@]1(OC)CC(C)C(=O)[C@](C)(F)C(=O)O[C@H](CC)[C@@](C)(O)[C@H](O)[C@@H](C)C(=O)[C@H](C)C1. The van der Waals surface area contributed by atoms with Crippen LogP contribution in [0.25, 0.3) is 0 Å². The largest absolute Gasteiger partial charge is 0.457 e. The van der Waals surface area contributed by atoms with Crippen LogP contribution >= 0.6 is 0 Å². The van der Waals surface area contributed by atoms with E-state index >= 15 is 4.39 Å². The van der Waals surface area contributed by atoms with Gasteiger partial charge in [-0.2, -0.15) is 0 Å². The lowest BCUT2D eigenvalue weighted by Gasteiger charge is -2.40. The number of carbonyl (C=O) groups is 3. The number of Topliss-reactive ketones (excluding diaryl/α,β-unsaturated/α-hetero) is 2. The van der Waals surface area contributed by atoms with Gasteiger partial charge in [0.1, 0.15) is 17.5 Å². The second kappa shape index (κ2) is 9.88. The van der Waals surface area contributed by atoms with Crippen molar-refractivity contribution in [3.8, 4) is 0 Å². The number of halogens is 1. The number of aliphatic hydroxyl groups excluding tert-OH is 1. The Morgan fingerprint density at radius 1 is 1.19 bits per heavy atom. The average Bonchev–Trinajstić information content (AvgIpc) is 2.73. The number of esters is 1. The van der Waals surface area contributed by atoms with Crippen molar-refractivity contribution in [2.45, 2.75) is 89.9 Å². The average molecular weight is 445 g/mol. The summed E-state index contributed by atoms with van der Waals surface area (Å²) in [4.78, 5) is 38.5. The van der Waals surface area contributed by atoms with Crippen LogP contribution in [0.4, 0.5) is 4.39 Å². The van der Waals surface area contributed by atoms with Crippen molar-refractivity contribution in [3.05, 3.63) is 12.7 Å². The van der Waals surface area contributed by atoms with E-state index in [9.17, 15) is 24.6 Å². The monoisotopic (exact) mass is 444 g/mol. The number of rotatable bonds is 3. The maximum Gasteiger partial charge on any atom is 0.351 e. The van der Waals surface area contributed by atoms with Gasteiger partial charge >= 0.3 is 5.97 Å². The zero-order valence-corrected chi connectivity index (χ0v) is 19.6. The fraction of sp³-hybridized carbons (Fsp3) is 0.783. The van der Waals surface area contributed by atoms with Gasteiger partial charge in [-0.3, -0.25) is 9.59 Å². The van der Waals surface area contributed by atoms with Crippen LogP contribution < -0.4 is 0 Å². The number of alkyl halides is 1. The van der Waals surface area contributed by atoms with E-state index in [1.54, 1.807) is 13.8 Å². The molecule has 8 atom stereocenters. The van der Waals surface area contributed by atoms with Crippen molar-refractivity contribution in [2.75, 3.05) is 7.11 Å². The Hall–Kier alpha value is -1.64. The molecule has 0 amide bonds. The minimum atomic E-state index is -2.97. The van der Waals surface area contributed by atoms with Crippen molar-refractivity contribution in [3.63, 3.8) is 0 Å². The maximum absolute atomic E-state index is 15.3. The van der Waals surface area contributed by atoms with Gasteiger partial charge in [-0.15, -0.1) is 6.58 Å². The molecule has 2 N–H and O–H groups in total. The number of aliphatic hydroxyl groups is 2. The first-order chi connectivity index (χ1) is 14.1. The topological polar surface area (TPSA) is 110 Å². The molecule has 0 radical (unpaired) electrons. The van der Waals surface area contributed by atoms with Gasteiger partial charge in [0.05, 0.1) is 11.7 Å². The third-order valence-corrected chi connectivity index (χ3v) is 6.65. The number of methoxy groups -OCH3 is 1. The Kier molecular flexibility index (Phi) is 8.73. The van der Waals surface area contributed by atoms with Crippen LogP contribution in [0, 0.1) is 17.8 Å². The summed E-state index contributed by atoms with van der Waals surface area (Å²) in [6, 6.07) is 0. The van der Waals surface area contributed by atoms with Gasteiger partial charge in [0.25, 0.3) is 5.67 Å². The predicted octanol–water partition coefficient (Wildman–Crippen LogP) is 2.56. The molecule has 0 aromatic carbocycles. The van der Waals surface area contributed by atoms with Gasteiger partial charge in [0.15, 0.2) is 5.78 Å². The zero-order valence-electron chi connectivity index (χ0n) is 19.6. The van der Waals surface area contributed by atoms with Crippen LogP contribution in [-0.4, -0.2) is 63.9 Å². The standard InChI is InChI=1S/C23H37FO7/c1-9-16-22(7,29)19(27)15(5)17(25)13(3)11-23(10-2,30-8)12-14(4)18(26)21(6,24)20(28)31-16/h10,13-16,19,27,29H,2,9,11-12H2,1,3-8H3/t13-,14?,15+,16-,19-,21+,22-,23-/m1/s1. The molecular formula is C23H37FO7. The molecule has 1 fully saturated rings. The summed E-state index contributed by atoms with van der Waals surface area (Å²) in [6.45, 7) is 12.0. The number of hydrogen-bond acceptors (Lipinski definition) is 7. The van der Waals surface area contributed by atoms with Crippen LogP contribution in [-0.2, 0) is 23.9 Å². The van der Waals surface area contributed by atoms with E-state index in [4.69, 9.17) is 9.47 Å². The molecule has 1 aliphatic heterocycles. The molecule has 0 saturated carbocycles. The highest BCUT2D eigenvalue weighted by Gasteiger charge is 2.52. The number of ether oxygens (including phenoxy) is 2. The summed E-state index contributed by atoms with van der Waals surface area (Å²) < 4.78 is 26.1. The highest BCUT2D eigenvalue weighted by molar-refractivity contribution is 6.07. The molecule has 31 heavy (non-hydrogen) atoms. The summed E-state index contributed by atoms with van der Waals surface area (Å²) in [7, 11) is 1.40. The first-order valence-electron chi connectivity index (χ1n) is 10.7. The summed E-state index contributed by atoms with van der Waals surface area (Å²) >= 11 is 0. The molecule has 1 heterocycles. The van der Waals surface area contributed by atoms with Gasteiger partial charge in [0.2, 0.25) is 0 Å². The van der Waals surface area contributed by atoms with Gasteiger partial charge in [-0.05, 0) is 33.1 Å². The second-order valence-electron chi connectivity index (χ2n) is 9.21. The van der Waals surface area contributed by atoms with Gasteiger partial charge in [-0.1, -0.05) is 33.8 Å². The van der Waals surface area contributed by atoms with Crippen LogP contribution in [0.15, 0.2) is 12.7 Å². The molecule has 1 unspecified atom stereocenters. The number of hydrogen-bond donors (Lipinski definition) is 2. The smallest absolute Gasteiger partial charge is 0.351 e. The van der Waals surface area contributed by atoms with Crippen molar-refractivity contribution >= 4 is 17.5 Å². The molecule has 0 aromatic heterocycles. The number of cyclic esters (lactones) is 1. The molecule has 7 nitrogen and oxygen atoms in total. The van der Waals surface area contributed by atoms with E-state index in [0.29, 0.717) is 0 Å². The normalized spacial score (nSPS) is 43.8. The molecule has 8 heteroatoms. The van der Waals surface area contributed by atoms with Crippen molar-refractivity contribution in [1.29, 1.82) is 0 Å². The highest BCUT2D eigenvalue weighted by Crippen LogP contribution is 2.36. The number of ketones is 2. The van der Waals surface area contributed by atoms with E-state index in [2.05, 4.69) is 6.58 Å². The Morgan fingerprint density at radius 2 is 1.71 bits per heavy atom. The first kappa shape index (κ1) is 27.4. The molecule has 0 bridgehead atoms. The number of carbonyl (C=O) groups excluding carboxylic acids is 3. The summed E-state index contributed by atoms with van der Waals surface area (Å²) in [5, 5.41) is 21.7. The third kappa shape index (κ3) is 5.41. The second-order valence-corrected chi connectivity index (χ2v) is 9.21. The summed E-state index contributed by atoms with van der Waals surface area (Å²) in [5.74, 6) is -5.35. The third-order valence-electron chi connectivity index (χ3n) is 6.65. The van der Waals surface area contributed by atoms with Gasteiger partial charge in [0, 0.05) is 24.9 Å². The summed E-state index contributed by atoms with van der Waals surface area (Å²) in [6.07, 6.45) is -1.28. The zero-order chi connectivity index (χ0) is 24.4. The Bertz CT molecular complexity index is 702. The lowest BCUT2D eigenvalue weighted by Crippen LogP contribution is -2.57. The minimum absolute atomic E-state index is 0.00208. The first-order valence-corrected chi connectivity index (χ1v) is 10.7. The van der Waals surface area contributed by atoms with Crippen LogP contribution in [0.5, 0.6) is 0 Å². The molecule has 1 saturated heterocycles. The lowest BCUT2D eigenvalue weighted by molar-refractivity contribution is -0.196. The van der Waals surface area contributed by atoms with E-state index < -0.39 is 58.6 Å². The molecule has 178 valence electrons. The fourth-order valence-corrected chi connectivity index (χ4v) is 4.45. The van der Waals surface area contributed by atoms with E-state index in [1.165, 1.54) is 34.0 Å². The van der Waals surface area contributed by atoms with E-state index in [-0.39, 0.29) is 25.0 Å². The summed E-state index contributed by atoms with van der Waals surface area (Å²) in [5.41, 5.74) is -6.15. The molecule has 0 aliphatic carbocycles. The fourth-order valence-electron chi connectivity index (χ4n) is 4.45. The van der Waals surface area contributed by atoms with Crippen LogP contribution in [0.1, 0.15) is 60.8 Å². The molecule has 1 aliphatic rings. The van der Waals surface area contributed by atoms with Gasteiger partial charge < -0.3 is 19.7 Å². The minimum Gasteiger partial charge on any atom is -0.457 e. The molecule has 0 spiro atoms. The van der Waals surface area contributed by atoms with E-state index in [0.717, 1.165) is 6.92 Å². The molecule has 1 rings (SSSR count). The molecule has 0 aromatic rings. The van der Waals surface area contributed by atoms with E-state index in [1.807, 2.05) is 0 Å². The van der Waals surface area contributed by atoms with Crippen LogP contribution in [0.2, 0.25) is 0 Å². The van der Waals surface area contributed by atoms with Crippen LogP contribution in [0.3, 0.4) is 0 Å². The van der Waals surface area contributed by atoms with Crippen molar-refractivity contribution in [1.82, 2.24) is 0 Å². The molecular weight excluding hydrogens is 407 g/mol. The quantitative estimate of drug-likeness (QED) is 0.391. The Balaban J connectivity index is 3.57. The lowest BCUT2D eigenvalue weighted by atomic mass is 9.75. The predicted molar refractivity (Wildman–Crippen MR) is 113 cm³/mol. The Morgan fingerprint density at radius 3 is 2.16 bits per heavy atom. The highest BCUT2D eigenvalue weighted by atomic mass is 19.1. The van der Waals surface area contributed by atoms with Crippen molar-refractivity contribution < 1.29 is 38.5 Å². The Labute approximate surface area is 184 Å². The van der Waals surface area contributed by atoms with Gasteiger partial charge in [-0.25, -0.2) is 9.18 Å².